The van der Waals surface area contributed by atoms with Gasteiger partial charge in [-0.3, -0.25) is 9.59 Å². The number of rotatable bonds is 4. The number of aromatic amines is 1. The van der Waals surface area contributed by atoms with Crippen molar-refractivity contribution in [2.24, 2.45) is 0 Å². The van der Waals surface area contributed by atoms with Gasteiger partial charge in [-0.2, -0.15) is 0 Å². The largest absolute Gasteiger partial charge is 0.508 e. The summed E-state index contributed by atoms with van der Waals surface area (Å²) in [5.74, 6) is 0.690. The van der Waals surface area contributed by atoms with Crippen molar-refractivity contribution < 1.29 is 9.90 Å². The first kappa shape index (κ1) is 20.8. The number of hydrogen-bond donors (Lipinski definition) is 3. The standard InChI is InChI=1S/C24H20ClN3O3S/c25-16-5-2-1-4-14(16)12-32-24-27-22-21(23(31)28-24)19(13-8-10-15(29)11-9-13)20-17(26-22)6-3-7-18(20)30/h1-2,4-5,8-11,19,29H,3,6-7,12H2,(H2,26,27,28,31)/t19-/m0/s1. The van der Waals surface area contributed by atoms with Crippen LogP contribution in [0.15, 0.2) is 69.8 Å². The zero-order chi connectivity index (χ0) is 22.2. The van der Waals surface area contributed by atoms with Crippen LogP contribution in [0.3, 0.4) is 0 Å². The third-order valence-electron chi connectivity index (χ3n) is 5.78. The SMILES string of the molecule is O=C1CCCC2=C1[C@H](c1ccc(O)cc1)c1c(nc(SCc3ccccc3Cl)[nH]c1=O)N2. The predicted octanol–water partition coefficient (Wildman–Crippen LogP) is 4.99. The van der Waals surface area contributed by atoms with E-state index in [9.17, 15) is 14.7 Å². The molecular weight excluding hydrogens is 446 g/mol. The van der Waals surface area contributed by atoms with E-state index >= 15 is 0 Å². The Hall–Kier alpha value is -3.03. The number of phenols is 1. The lowest BCUT2D eigenvalue weighted by Gasteiger charge is -2.32. The molecule has 0 saturated carbocycles. The molecule has 0 bridgehead atoms. The summed E-state index contributed by atoms with van der Waals surface area (Å²) in [7, 11) is 0. The van der Waals surface area contributed by atoms with Crippen molar-refractivity contribution in [1.29, 1.82) is 0 Å². The molecule has 2 aromatic carbocycles. The normalized spacial score (nSPS) is 17.5. The summed E-state index contributed by atoms with van der Waals surface area (Å²) in [6.45, 7) is 0. The molecule has 0 spiro atoms. The maximum absolute atomic E-state index is 13.2. The minimum Gasteiger partial charge on any atom is -0.508 e. The molecule has 5 rings (SSSR count). The van der Waals surface area contributed by atoms with E-state index in [2.05, 4.69) is 15.3 Å². The number of phenolic OH excluding ortho intramolecular Hbond substituents is 1. The second kappa shape index (κ2) is 8.48. The van der Waals surface area contributed by atoms with Crippen LogP contribution >= 0.6 is 23.4 Å². The summed E-state index contributed by atoms with van der Waals surface area (Å²) in [6.07, 6.45) is 1.95. The van der Waals surface area contributed by atoms with Gasteiger partial charge in [-0.1, -0.05) is 53.7 Å². The van der Waals surface area contributed by atoms with Crippen LogP contribution < -0.4 is 10.9 Å². The van der Waals surface area contributed by atoms with Gasteiger partial charge in [0.1, 0.15) is 11.6 Å². The Morgan fingerprint density at radius 3 is 2.66 bits per heavy atom. The number of Topliss-reactive ketones (excluding diaryl/α,β-unsaturated/α-hetero) is 1. The van der Waals surface area contributed by atoms with Gasteiger partial charge >= 0.3 is 0 Å². The number of aromatic nitrogens is 2. The summed E-state index contributed by atoms with van der Waals surface area (Å²) >= 11 is 7.65. The minimum absolute atomic E-state index is 0.0408. The van der Waals surface area contributed by atoms with Crippen molar-refractivity contribution in [3.63, 3.8) is 0 Å². The summed E-state index contributed by atoms with van der Waals surface area (Å²) in [5, 5.41) is 14.1. The number of hydrogen-bond acceptors (Lipinski definition) is 6. The van der Waals surface area contributed by atoms with Crippen LogP contribution in [0.4, 0.5) is 5.82 Å². The second-order valence-electron chi connectivity index (χ2n) is 7.83. The molecule has 1 atom stereocenters. The Bertz CT molecular complexity index is 1300. The van der Waals surface area contributed by atoms with Crippen LogP contribution in [0.5, 0.6) is 5.75 Å². The average Bonchev–Trinajstić information content (AvgIpc) is 2.78. The number of fused-ring (bicyclic) bond motifs is 1. The number of allylic oxidation sites excluding steroid dienone is 2. The van der Waals surface area contributed by atoms with Crippen LogP contribution in [-0.2, 0) is 10.5 Å². The van der Waals surface area contributed by atoms with Crippen LogP contribution in [0, 0.1) is 0 Å². The fourth-order valence-electron chi connectivity index (χ4n) is 4.27. The Labute approximate surface area is 193 Å². The van der Waals surface area contributed by atoms with Gasteiger partial charge in [0.2, 0.25) is 0 Å². The molecule has 162 valence electrons. The summed E-state index contributed by atoms with van der Waals surface area (Å²) < 4.78 is 0. The first-order chi connectivity index (χ1) is 15.5. The van der Waals surface area contributed by atoms with E-state index in [1.54, 1.807) is 24.3 Å². The van der Waals surface area contributed by atoms with Gasteiger partial charge in [0.15, 0.2) is 10.9 Å². The highest BCUT2D eigenvalue weighted by Crippen LogP contribution is 2.43. The molecule has 3 N–H and O–H groups in total. The number of halogens is 1. The molecule has 6 nitrogen and oxygen atoms in total. The molecule has 2 aliphatic rings. The molecule has 1 aromatic heterocycles. The third kappa shape index (κ3) is 3.82. The summed E-state index contributed by atoms with van der Waals surface area (Å²) in [4.78, 5) is 33.7. The van der Waals surface area contributed by atoms with Crippen molar-refractivity contribution in [2.45, 2.75) is 36.1 Å². The van der Waals surface area contributed by atoms with Crippen LogP contribution in [0.1, 0.15) is 41.9 Å². The molecule has 8 heteroatoms. The quantitative estimate of drug-likeness (QED) is 0.371. The molecule has 3 aromatic rings. The van der Waals surface area contributed by atoms with E-state index in [0.29, 0.717) is 39.3 Å². The number of carbonyl (C=O) groups is 1. The van der Waals surface area contributed by atoms with Crippen molar-refractivity contribution in [3.05, 3.63) is 91.9 Å². The highest BCUT2D eigenvalue weighted by Gasteiger charge is 2.37. The molecule has 0 unspecified atom stereocenters. The molecule has 1 aliphatic heterocycles. The number of benzene rings is 2. The number of H-pyrrole nitrogens is 1. The lowest BCUT2D eigenvalue weighted by Crippen LogP contribution is -2.32. The number of carbonyl (C=O) groups excluding carboxylic acids is 1. The number of ketones is 1. The van der Waals surface area contributed by atoms with E-state index in [1.807, 2.05) is 24.3 Å². The topological polar surface area (TPSA) is 95.1 Å². The minimum atomic E-state index is -0.520. The maximum Gasteiger partial charge on any atom is 0.257 e. The van der Waals surface area contributed by atoms with Crippen molar-refractivity contribution in [3.8, 4) is 5.75 Å². The average molecular weight is 466 g/mol. The molecule has 0 radical (unpaired) electrons. The first-order valence-electron chi connectivity index (χ1n) is 10.3. The van der Waals surface area contributed by atoms with Gasteiger partial charge in [0.05, 0.1) is 5.56 Å². The highest BCUT2D eigenvalue weighted by molar-refractivity contribution is 7.98. The van der Waals surface area contributed by atoms with Gasteiger partial charge < -0.3 is 15.4 Å². The molecule has 2 heterocycles. The van der Waals surface area contributed by atoms with E-state index in [-0.39, 0.29) is 17.1 Å². The van der Waals surface area contributed by atoms with E-state index in [1.165, 1.54) is 11.8 Å². The number of anilines is 1. The third-order valence-corrected chi connectivity index (χ3v) is 7.08. The van der Waals surface area contributed by atoms with Gasteiger partial charge in [0.25, 0.3) is 5.56 Å². The van der Waals surface area contributed by atoms with Crippen molar-refractivity contribution in [1.82, 2.24) is 9.97 Å². The van der Waals surface area contributed by atoms with Gasteiger partial charge in [-0.15, -0.1) is 0 Å². The molecule has 32 heavy (non-hydrogen) atoms. The van der Waals surface area contributed by atoms with E-state index in [0.717, 1.165) is 29.7 Å². The first-order valence-corrected chi connectivity index (χ1v) is 11.7. The monoisotopic (exact) mass is 465 g/mol. The Morgan fingerprint density at radius 2 is 1.88 bits per heavy atom. The number of thioether (sulfide) groups is 1. The van der Waals surface area contributed by atoms with Crippen molar-refractivity contribution in [2.75, 3.05) is 5.32 Å². The molecule has 0 saturated heterocycles. The smallest absolute Gasteiger partial charge is 0.257 e. The Kier molecular flexibility index (Phi) is 5.53. The number of nitrogens with one attached hydrogen (secondary N) is 2. The zero-order valence-electron chi connectivity index (χ0n) is 17.0. The lowest BCUT2D eigenvalue weighted by atomic mass is 9.76. The highest BCUT2D eigenvalue weighted by atomic mass is 35.5. The van der Waals surface area contributed by atoms with E-state index in [4.69, 9.17) is 11.6 Å². The van der Waals surface area contributed by atoms with Crippen LogP contribution in [0.25, 0.3) is 0 Å². The predicted molar refractivity (Wildman–Crippen MR) is 125 cm³/mol. The van der Waals surface area contributed by atoms with Gasteiger partial charge in [-0.05, 0) is 42.2 Å². The molecule has 0 fully saturated rings. The molecular formula is C24H20ClN3O3S. The second-order valence-corrected chi connectivity index (χ2v) is 9.20. The summed E-state index contributed by atoms with van der Waals surface area (Å²) in [6, 6.07) is 14.2. The summed E-state index contributed by atoms with van der Waals surface area (Å²) in [5.41, 5.74) is 3.32. The Balaban J connectivity index is 1.56. The molecule has 0 amide bonds. The number of aromatic hydroxyl groups is 1. The lowest BCUT2D eigenvalue weighted by molar-refractivity contribution is -0.116. The molecule has 1 aliphatic carbocycles. The van der Waals surface area contributed by atoms with E-state index < -0.39 is 5.92 Å². The van der Waals surface area contributed by atoms with Crippen molar-refractivity contribution >= 4 is 35.0 Å². The maximum atomic E-state index is 13.2. The number of nitrogens with zero attached hydrogens (tertiary/aromatic N) is 1. The van der Waals surface area contributed by atoms with Crippen LogP contribution in [0.2, 0.25) is 5.02 Å². The van der Waals surface area contributed by atoms with Crippen LogP contribution in [-0.4, -0.2) is 20.9 Å². The zero-order valence-corrected chi connectivity index (χ0v) is 18.6. The fourth-order valence-corrected chi connectivity index (χ4v) is 5.42. The van der Waals surface area contributed by atoms with Gasteiger partial charge in [-0.25, -0.2) is 4.98 Å². The Morgan fingerprint density at radius 1 is 1.09 bits per heavy atom. The van der Waals surface area contributed by atoms with Gasteiger partial charge in [0, 0.05) is 34.4 Å². The fraction of sp³-hybridized carbons (Fsp3) is 0.208.